The Bertz CT molecular complexity index is 812. The van der Waals surface area contributed by atoms with Gasteiger partial charge in [0, 0.05) is 19.2 Å². The zero-order valence-electron chi connectivity index (χ0n) is 16.4. The van der Waals surface area contributed by atoms with Crippen LogP contribution in [0, 0.1) is 15.9 Å². The molecule has 1 aromatic rings. The van der Waals surface area contributed by atoms with Gasteiger partial charge in [-0.15, -0.1) is 0 Å². The van der Waals surface area contributed by atoms with Crippen LogP contribution in [0.25, 0.3) is 5.57 Å². The van der Waals surface area contributed by atoms with Crippen molar-refractivity contribution in [1.29, 1.82) is 0 Å². The topological polar surface area (TPSA) is 81.9 Å². The highest BCUT2D eigenvalue weighted by molar-refractivity contribution is 5.77. The fraction of sp³-hybridized carbons (Fsp3) is 0.550. The Labute approximate surface area is 163 Å². The molecule has 0 radical (unpaired) electrons. The third-order valence-electron chi connectivity index (χ3n) is 4.81. The maximum Gasteiger partial charge on any atom is 0.410 e. The molecule has 8 heteroatoms. The van der Waals surface area contributed by atoms with Gasteiger partial charge in [-0.1, -0.05) is 6.08 Å². The molecule has 3 rings (SSSR count). The SMILES string of the molecule is CC(C)(C)OC(=O)N1CC=C(c2c([N+](=O)[O-])ccc(OC3CCC3)c2F)CC1. The van der Waals surface area contributed by atoms with E-state index in [0.29, 0.717) is 18.5 Å². The van der Waals surface area contributed by atoms with E-state index in [2.05, 4.69) is 0 Å². The fourth-order valence-corrected chi connectivity index (χ4v) is 3.15. The molecule has 0 spiro atoms. The van der Waals surface area contributed by atoms with Gasteiger partial charge in [0.2, 0.25) is 0 Å². The van der Waals surface area contributed by atoms with Gasteiger partial charge >= 0.3 is 6.09 Å². The quantitative estimate of drug-likeness (QED) is 0.548. The van der Waals surface area contributed by atoms with Crippen molar-refractivity contribution in [3.63, 3.8) is 0 Å². The third-order valence-corrected chi connectivity index (χ3v) is 4.81. The van der Waals surface area contributed by atoms with E-state index in [4.69, 9.17) is 9.47 Å². The molecule has 0 atom stereocenters. The molecule has 0 saturated heterocycles. The Morgan fingerprint density at radius 1 is 1.32 bits per heavy atom. The minimum Gasteiger partial charge on any atom is -0.487 e. The second-order valence-electron chi connectivity index (χ2n) is 8.11. The van der Waals surface area contributed by atoms with Crippen molar-refractivity contribution in [1.82, 2.24) is 4.90 Å². The highest BCUT2D eigenvalue weighted by Crippen LogP contribution is 2.38. The van der Waals surface area contributed by atoms with E-state index in [9.17, 15) is 14.9 Å². The Balaban J connectivity index is 1.84. The summed E-state index contributed by atoms with van der Waals surface area (Å²) in [5, 5.41) is 11.4. The van der Waals surface area contributed by atoms with E-state index in [1.807, 2.05) is 0 Å². The molecule has 7 nitrogen and oxygen atoms in total. The molecule has 28 heavy (non-hydrogen) atoms. The normalized spacial score (nSPS) is 17.6. The van der Waals surface area contributed by atoms with Crippen LogP contribution in [0.5, 0.6) is 5.75 Å². The molecule has 2 aliphatic rings. The van der Waals surface area contributed by atoms with Crippen molar-refractivity contribution in [2.45, 2.75) is 58.2 Å². The molecule has 1 aliphatic heterocycles. The van der Waals surface area contributed by atoms with Gasteiger partial charge in [-0.25, -0.2) is 9.18 Å². The van der Waals surface area contributed by atoms with Gasteiger partial charge in [-0.2, -0.15) is 0 Å². The van der Waals surface area contributed by atoms with Crippen LogP contribution in [0.3, 0.4) is 0 Å². The average Bonchev–Trinajstić information content (AvgIpc) is 2.57. The number of nitrogens with zero attached hydrogens (tertiary/aromatic N) is 2. The highest BCUT2D eigenvalue weighted by Gasteiger charge is 2.30. The van der Waals surface area contributed by atoms with Gasteiger partial charge < -0.3 is 14.4 Å². The molecule has 0 N–H and O–H groups in total. The first-order valence-electron chi connectivity index (χ1n) is 9.46. The number of ether oxygens (including phenoxy) is 2. The third kappa shape index (κ3) is 4.43. The molecule has 0 aromatic heterocycles. The number of carbonyl (C=O) groups excluding carboxylic acids is 1. The second-order valence-corrected chi connectivity index (χ2v) is 8.11. The van der Waals surface area contributed by atoms with Crippen LogP contribution in [-0.2, 0) is 4.74 Å². The molecule has 0 unspecified atom stereocenters. The van der Waals surface area contributed by atoms with Crippen LogP contribution in [0.1, 0.15) is 52.0 Å². The van der Waals surface area contributed by atoms with Crippen molar-refractivity contribution < 1.29 is 23.6 Å². The lowest BCUT2D eigenvalue weighted by atomic mass is 9.95. The summed E-state index contributed by atoms with van der Waals surface area (Å²) in [6.45, 7) is 5.84. The van der Waals surface area contributed by atoms with E-state index in [-0.39, 0.29) is 29.6 Å². The van der Waals surface area contributed by atoms with Crippen molar-refractivity contribution in [3.05, 3.63) is 39.7 Å². The summed E-state index contributed by atoms with van der Waals surface area (Å²) in [7, 11) is 0. The second kappa shape index (κ2) is 7.77. The Morgan fingerprint density at radius 2 is 2.04 bits per heavy atom. The lowest BCUT2D eigenvalue weighted by Gasteiger charge is -2.30. The maximum atomic E-state index is 15.1. The van der Waals surface area contributed by atoms with Crippen molar-refractivity contribution in [2.24, 2.45) is 0 Å². The van der Waals surface area contributed by atoms with Gasteiger partial charge in [-0.3, -0.25) is 10.1 Å². The minimum atomic E-state index is -0.710. The van der Waals surface area contributed by atoms with Gasteiger partial charge in [0.15, 0.2) is 11.6 Å². The number of hydrogen-bond acceptors (Lipinski definition) is 5. The molecule has 1 aromatic carbocycles. The lowest BCUT2D eigenvalue weighted by molar-refractivity contribution is -0.385. The fourth-order valence-electron chi connectivity index (χ4n) is 3.15. The van der Waals surface area contributed by atoms with Crippen molar-refractivity contribution in [3.8, 4) is 5.75 Å². The largest absolute Gasteiger partial charge is 0.487 e. The van der Waals surface area contributed by atoms with Gasteiger partial charge in [0.1, 0.15) is 5.60 Å². The summed E-state index contributed by atoms with van der Waals surface area (Å²) in [6.07, 6.45) is 4.21. The molecule has 1 fully saturated rings. The van der Waals surface area contributed by atoms with Crippen molar-refractivity contribution in [2.75, 3.05) is 13.1 Å². The summed E-state index contributed by atoms with van der Waals surface area (Å²) >= 11 is 0. The molecule has 0 bridgehead atoms. The number of benzene rings is 1. The number of rotatable bonds is 4. The average molecular weight is 392 g/mol. The van der Waals surface area contributed by atoms with E-state index >= 15 is 4.39 Å². The molecule has 152 valence electrons. The zero-order valence-corrected chi connectivity index (χ0v) is 16.4. The standard InChI is InChI=1S/C20H25FN2O5/c1-20(2,3)28-19(24)22-11-9-13(10-12-22)17-15(23(25)26)7-8-16(18(17)21)27-14-5-4-6-14/h7-9,14H,4-6,10-12H2,1-3H3. The van der Waals surface area contributed by atoms with Crippen LogP contribution >= 0.6 is 0 Å². The summed E-state index contributed by atoms with van der Waals surface area (Å²) in [4.78, 5) is 24.5. The zero-order chi connectivity index (χ0) is 20.5. The first kappa shape index (κ1) is 20.1. The highest BCUT2D eigenvalue weighted by atomic mass is 19.1. The Kier molecular flexibility index (Phi) is 5.58. The van der Waals surface area contributed by atoms with E-state index < -0.39 is 22.4 Å². The molecular weight excluding hydrogens is 367 g/mol. The molecule has 1 saturated carbocycles. The van der Waals surface area contributed by atoms with Crippen LogP contribution in [0.15, 0.2) is 18.2 Å². The van der Waals surface area contributed by atoms with Crippen LogP contribution < -0.4 is 4.74 Å². The molecule has 1 heterocycles. The first-order chi connectivity index (χ1) is 13.2. The molecule has 1 amide bonds. The predicted molar refractivity (Wildman–Crippen MR) is 102 cm³/mol. The van der Waals surface area contributed by atoms with Crippen LogP contribution in [0.2, 0.25) is 0 Å². The van der Waals surface area contributed by atoms with E-state index in [0.717, 1.165) is 19.3 Å². The Morgan fingerprint density at radius 3 is 2.54 bits per heavy atom. The predicted octanol–water partition coefficient (Wildman–Crippen LogP) is 4.69. The van der Waals surface area contributed by atoms with Crippen molar-refractivity contribution >= 4 is 17.4 Å². The van der Waals surface area contributed by atoms with E-state index in [1.165, 1.54) is 17.0 Å². The minimum absolute atomic E-state index is 0.0354. The summed E-state index contributed by atoms with van der Waals surface area (Å²) in [6, 6.07) is 2.61. The molecular formula is C20H25FN2O5. The summed E-state index contributed by atoms with van der Waals surface area (Å²) in [5.41, 5.74) is -0.455. The van der Waals surface area contributed by atoms with Gasteiger partial charge in [-0.05, 0) is 58.1 Å². The van der Waals surface area contributed by atoms with Gasteiger partial charge in [0.25, 0.3) is 5.69 Å². The summed E-state index contributed by atoms with van der Waals surface area (Å²) in [5.74, 6) is -0.668. The number of nitro groups is 1. The smallest absolute Gasteiger partial charge is 0.410 e. The maximum absolute atomic E-state index is 15.1. The first-order valence-corrected chi connectivity index (χ1v) is 9.46. The lowest BCUT2D eigenvalue weighted by Crippen LogP contribution is -2.39. The number of halogens is 1. The monoisotopic (exact) mass is 392 g/mol. The Hall–Kier alpha value is -2.64. The van der Waals surface area contributed by atoms with Crippen LogP contribution in [-0.4, -0.2) is 40.7 Å². The summed E-state index contributed by atoms with van der Waals surface area (Å²) < 4.78 is 26.1. The number of carbonyl (C=O) groups is 1. The number of amides is 1. The number of hydrogen-bond donors (Lipinski definition) is 0. The van der Waals surface area contributed by atoms with Gasteiger partial charge in [0.05, 0.1) is 16.6 Å². The number of nitro benzene ring substituents is 1. The van der Waals surface area contributed by atoms with E-state index in [1.54, 1.807) is 26.8 Å². The van der Waals surface area contributed by atoms with Crippen LogP contribution in [0.4, 0.5) is 14.9 Å². The molecule has 1 aliphatic carbocycles.